The van der Waals surface area contributed by atoms with Crippen molar-refractivity contribution in [2.75, 3.05) is 0 Å². The van der Waals surface area contributed by atoms with Gasteiger partial charge in [0.15, 0.2) is 0 Å². The standard InChI is InChI=1S/2C6H13.Ti/c2*1-3-5-6-4-2;/h2*1,3-6H2,2H3;. The average molecular weight is 218 g/mol. The summed E-state index contributed by atoms with van der Waals surface area (Å²) in [4.78, 5) is 0. The Morgan fingerprint density at radius 2 is 1.08 bits per heavy atom. The number of unbranched alkanes of at least 4 members (excludes halogenated alkanes) is 6. The van der Waals surface area contributed by atoms with E-state index in [4.69, 9.17) is 0 Å². The van der Waals surface area contributed by atoms with E-state index in [-0.39, 0.29) is 0 Å². The number of rotatable bonds is 10. The van der Waals surface area contributed by atoms with Gasteiger partial charge in [-0.2, -0.15) is 0 Å². The molecule has 0 spiro atoms. The van der Waals surface area contributed by atoms with E-state index in [9.17, 15) is 0 Å². The Kier molecular flexibility index (Phi) is 13.4. The Labute approximate surface area is 93.8 Å². The van der Waals surface area contributed by atoms with Gasteiger partial charge >= 0.3 is 93.8 Å². The Morgan fingerprint density at radius 3 is 1.46 bits per heavy atom. The fraction of sp³-hybridized carbons (Fsp3) is 1.00. The van der Waals surface area contributed by atoms with Gasteiger partial charge in [0.1, 0.15) is 0 Å². The zero-order valence-corrected chi connectivity index (χ0v) is 11.1. The van der Waals surface area contributed by atoms with E-state index >= 15 is 0 Å². The maximum absolute atomic E-state index is 2.29. The molecule has 0 aliphatic carbocycles. The summed E-state index contributed by atoms with van der Waals surface area (Å²) in [5.41, 5.74) is 0. The van der Waals surface area contributed by atoms with E-state index in [0.717, 1.165) is 0 Å². The van der Waals surface area contributed by atoms with Crippen molar-refractivity contribution in [1.82, 2.24) is 0 Å². The van der Waals surface area contributed by atoms with Crippen LogP contribution in [-0.4, -0.2) is 0 Å². The molecule has 0 nitrogen and oxygen atoms in total. The van der Waals surface area contributed by atoms with Gasteiger partial charge in [-0.1, -0.05) is 0 Å². The van der Waals surface area contributed by atoms with Crippen molar-refractivity contribution < 1.29 is 19.2 Å². The molecule has 0 saturated heterocycles. The zero-order chi connectivity index (χ0) is 9.78. The van der Waals surface area contributed by atoms with Crippen LogP contribution < -0.4 is 0 Å². The van der Waals surface area contributed by atoms with Gasteiger partial charge in [-0.05, 0) is 0 Å². The van der Waals surface area contributed by atoms with Gasteiger partial charge < -0.3 is 0 Å². The van der Waals surface area contributed by atoms with Crippen LogP contribution in [0.15, 0.2) is 0 Å². The van der Waals surface area contributed by atoms with Crippen LogP contribution in [0.4, 0.5) is 0 Å². The van der Waals surface area contributed by atoms with Crippen molar-refractivity contribution in [3.8, 4) is 0 Å². The summed E-state index contributed by atoms with van der Waals surface area (Å²) >= 11 is 0.468. The van der Waals surface area contributed by atoms with Gasteiger partial charge in [0, 0.05) is 0 Å². The van der Waals surface area contributed by atoms with Gasteiger partial charge in [0.25, 0.3) is 0 Å². The summed E-state index contributed by atoms with van der Waals surface area (Å²) in [6, 6.07) is 0. The van der Waals surface area contributed by atoms with Crippen LogP contribution in [0.3, 0.4) is 0 Å². The van der Waals surface area contributed by atoms with E-state index in [1.807, 2.05) is 0 Å². The molecule has 0 N–H and O–H groups in total. The Bertz CT molecular complexity index is 71.2. The molecule has 0 unspecified atom stereocenters. The summed E-state index contributed by atoms with van der Waals surface area (Å²) in [5, 5.41) is 0. The molecule has 0 radical (unpaired) electrons. The summed E-state index contributed by atoms with van der Waals surface area (Å²) in [7, 11) is 0. The third-order valence-electron chi connectivity index (χ3n) is 2.41. The fourth-order valence-electron chi connectivity index (χ4n) is 1.48. The molecule has 0 rings (SSSR count). The molecule has 0 heterocycles. The third-order valence-corrected chi connectivity index (χ3v) is 4.62. The number of hydrogen-bond donors (Lipinski definition) is 0. The first-order chi connectivity index (χ1) is 6.41. The normalized spacial score (nSPS) is 10.3. The summed E-state index contributed by atoms with van der Waals surface area (Å²) in [5.74, 6) is 0. The molecule has 0 aliphatic rings. The van der Waals surface area contributed by atoms with Crippen molar-refractivity contribution in [2.45, 2.75) is 74.7 Å². The predicted molar refractivity (Wildman–Crippen MR) is 57.9 cm³/mol. The van der Waals surface area contributed by atoms with Gasteiger partial charge in [-0.3, -0.25) is 0 Å². The van der Waals surface area contributed by atoms with Crippen molar-refractivity contribution in [3.63, 3.8) is 0 Å². The fourth-order valence-corrected chi connectivity index (χ4v) is 3.43. The first-order valence-corrected chi connectivity index (χ1v) is 8.33. The van der Waals surface area contributed by atoms with Crippen LogP contribution in [-0.2, 0) is 19.2 Å². The monoisotopic (exact) mass is 218 g/mol. The van der Waals surface area contributed by atoms with E-state index < -0.39 is 0 Å². The third kappa shape index (κ3) is 12.7. The molecule has 0 amide bonds. The molecule has 0 aliphatic heterocycles. The molecule has 0 aromatic carbocycles. The Morgan fingerprint density at radius 1 is 0.615 bits per heavy atom. The second-order valence-corrected chi connectivity index (χ2v) is 6.21. The first kappa shape index (κ1) is 13.7. The second-order valence-electron chi connectivity index (χ2n) is 3.87. The van der Waals surface area contributed by atoms with Gasteiger partial charge in [-0.25, -0.2) is 0 Å². The molecular weight excluding hydrogens is 192 g/mol. The van der Waals surface area contributed by atoms with E-state index in [0.29, 0.717) is 19.2 Å². The summed E-state index contributed by atoms with van der Waals surface area (Å²) in [6.07, 6.45) is 11.7. The van der Waals surface area contributed by atoms with Crippen LogP contribution in [0.2, 0.25) is 9.45 Å². The topological polar surface area (TPSA) is 0 Å². The minimum absolute atomic E-state index is 0.468. The number of hydrogen-bond acceptors (Lipinski definition) is 0. The molecule has 0 saturated carbocycles. The molecule has 1 heteroatoms. The van der Waals surface area contributed by atoms with E-state index in [1.165, 1.54) is 51.4 Å². The van der Waals surface area contributed by atoms with Gasteiger partial charge in [0.2, 0.25) is 0 Å². The van der Waals surface area contributed by atoms with Crippen molar-refractivity contribution in [1.29, 1.82) is 0 Å². The van der Waals surface area contributed by atoms with Crippen LogP contribution in [0.1, 0.15) is 65.2 Å². The maximum atomic E-state index is 2.29. The first-order valence-electron chi connectivity index (χ1n) is 6.12. The summed E-state index contributed by atoms with van der Waals surface area (Å²) < 4.78 is 3.21. The van der Waals surface area contributed by atoms with Crippen LogP contribution in [0, 0.1) is 0 Å². The van der Waals surface area contributed by atoms with E-state index in [1.54, 1.807) is 9.45 Å². The van der Waals surface area contributed by atoms with E-state index in [2.05, 4.69) is 13.8 Å². The second kappa shape index (κ2) is 12.7. The molecule has 0 atom stereocenters. The van der Waals surface area contributed by atoms with Crippen LogP contribution in [0.25, 0.3) is 0 Å². The molecule has 0 fully saturated rings. The van der Waals surface area contributed by atoms with Crippen LogP contribution in [0.5, 0.6) is 0 Å². The molecule has 0 aromatic rings. The van der Waals surface area contributed by atoms with Crippen molar-refractivity contribution in [2.24, 2.45) is 0 Å². The molecule has 0 aromatic heterocycles. The molecule has 78 valence electrons. The average Bonchev–Trinajstić information content (AvgIpc) is 2.16. The van der Waals surface area contributed by atoms with Gasteiger partial charge in [0.05, 0.1) is 0 Å². The van der Waals surface area contributed by atoms with Crippen LogP contribution >= 0.6 is 0 Å². The SMILES string of the molecule is CCCCC[CH2][Ti][CH2]CCCCC. The minimum atomic E-state index is 0.468. The predicted octanol–water partition coefficient (Wildman–Crippen LogP) is 5.07. The van der Waals surface area contributed by atoms with Crippen molar-refractivity contribution in [3.05, 3.63) is 0 Å². The van der Waals surface area contributed by atoms with Crippen molar-refractivity contribution >= 4 is 0 Å². The zero-order valence-electron chi connectivity index (χ0n) is 9.57. The van der Waals surface area contributed by atoms with Gasteiger partial charge in [-0.15, -0.1) is 0 Å². The molecule has 0 bridgehead atoms. The summed E-state index contributed by atoms with van der Waals surface area (Å²) in [6.45, 7) is 4.59. The quantitative estimate of drug-likeness (QED) is 0.355. The Balaban J connectivity index is 2.76. The Hall–Kier alpha value is 0.714. The molecular formula is C12H26Ti. The molecule has 13 heavy (non-hydrogen) atoms.